The van der Waals surface area contributed by atoms with Crippen molar-refractivity contribution in [2.75, 3.05) is 0 Å². The molecule has 0 fully saturated rings. The predicted octanol–water partition coefficient (Wildman–Crippen LogP) is 14.8. The van der Waals surface area contributed by atoms with Crippen LogP contribution in [0.25, 0.3) is 134 Å². The van der Waals surface area contributed by atoms with Gasteiger partial charge in [-0.15, -0.1) is 0 Å². The number of rotatable bonds is 6. The third-order valence-electron chi connectivity index (χ3n) is 12.8. The lowest BCUT2D eigenvalue weighted by atomic mass is 10.0. The second-order valence-corrected chi connectivity index (χ2v) is 16.6. The number of hydrogen-bond donors (Lipinski definition) is 0. The lowest BCUT2D eigenvalue weighted by Crippen LogP contribution is -2.07. The van der Waals surface area contributed by atoms with E-state index >= 15 is 0 Å². The second-order valence-electron chi connectivity index (χ2n) is 16.6. The first-order chi connectivity index (χ1) is 32.7. The van der Waals surface area contributed by atoms with E-state index in [0.29, 0.717) is 29.1 Å². The van der Waals surface area contributed by atoms with Crippen LogP contribution in [0.4, 0.5) is 0 Å². The fourth-order valence-corrected chi connectivity index (χ4v) is 9.80. The fraction of sp³-hybridized carbons (Fsp3) is 0. The van der Waals surface area contributed by atoms with Gasteiger partial charge in [0.05, 0.1) is 27.8 Å². The average Bonchev–Trinajstić information content (AvgIpc) is 4.16. The van der Waals surface area contributed by atoms with Gasteiger partial charge in [-0.05, 0) is 65.7 Å². The molecular formula is C58H34N6O2. The van der Waals surface area contributed by atoms with Crippen molar-refractivity contribution in [1.82, 2.24) is 29.1 Å². The number of fused-ring (bicyclic) bond motifs is 11. The van der Waals surface area contributed by atoms with Gasteiger partial charge in [0.15, 0.2) is 17.2 Å². The predicted molar refractivity (Wildman–Crippen MR) is 265 cm³/mol. The molecule has 0 atom stereocenters. The summed E-state index contributed by atoms with van der Waals surface area (Å²) in [6.07, 6.45) is 0. The monoisotopic (exact) mass is 846 g/mol. The Balaban J connectivity index is 0.979. The molecule has 0 saturated carbocycles. The maximum Gasteiger partial charge on any atom is 0.238 e. The van der Waals surface area contributed by atoms with Gasteiger partial charge in [0.1, 0.15) is 16.7 Å². The van der Waals surface area contributed by atoms with Gasteiger partial charge in [0.25, 0.3) is 0 Å². The molecular weight excluding hydrogens is 813 g/mol. The molecule has 308 valence electrons. The van der Waals surface area contributed by atoms with Crippen LogP contribution in [-0.4, -0.2) is 29.1 Å². The van der Waals surface area contributed by atoms with Crippen LogP contribution in [0.3, 0.4) is 0 Å². The Hall–Kier alpha value is -9.14. The molecule has 9 aromatic carbocycles. The van der Waals surface area contributed by atoms with E-state index in [1.54, 1.807) is 0 Å². The molecule has 66 heavy (non-hydrogen) atoms. The lowest BCUT2D eigenvalue weighted by Gasteiger charge is -2.13. The van der Waals surface area contributed by atoms with Crippen LogP contribution in [-0.2, 0) is 0 Å². The molecule has 0 N–H and O–H groups in total. The largest absolute Gasteiger partial charge is 0.456 e. The normalized spacial score (nSPS) is 11.9. The van der Waals surface area contributed by atoms with Crippen molar-refractivity contribution in [1.29, 1.82) is 0 Å². The highest BCUT2D eigenvalue weighted by Gasteiger charge is 2.25. The minimum atomic E-state index is 0.528. The zero-order chi connectivity index (χ0) is 43.3. The Morgan fingerprint density at radius 1 is 0.333 bits per heavy atom. The van der Waals surface area contributed by atoms with Crippen LogP contribution < -0.4 is 0 Å². The van der Waals surface area contributed by atoms with Gasteiger partial charge in [0.2, 0.25) is 11.8 Å². The highest BCUT2D eigenvalue weighted by Crippen LogP contribution is 2.43. The van der Waals surface area contributed by atoms with Crippen LogP contribution in [0.1, 0.15) is 0 Å². The third-order valence-corrected chi connectivity index (χ3v) is 12.8. The van der Waals surface area contributed by atoms with Crippen molar-refractivity contribution in [3.05, 3.63) is 206 Å². The van der Waals surface area contributed by atoms with Gasteiger partial charge in [-0.25, -0.2) is 9.97 Å². The zero-order valence-corrected chi connectivity index (χ0v) is 35.1. The molecule has 0 aliphatic rings. The second kappa shape index (κ2) is 14.2. The van der Waals surface area contributed by atoms with E-state index in [-0.39, 0.29) is 0 Å². The van der Waals surface area contributed by atoms with Gasteiger partial charge >= 0.3 is 0 Å². The number of aromatic nitrogens is 6. The van der Waals surface area contributed by atoms with Crippen molar-refractivity contribution < 1.29 is 8.83 Å². The molecule has 0 aliphatic heterocycles. The molecule has 0 spiro atoms. The van der Waals surface area contributed by atoms with Crippen molar-refractivity contribution >= 4 is 76.6 Å². The van der Waals surface area contributed by atoms with Gasteiger partial charge in [-0.1, -0.05) is 152 Å². The summed E-state index contributed by atoms with van der Waals surface area (Å²) in [5, 5.41) is 6.59. The van der Waals surface area contributed by atoms with Crippen LogP contribution in [0.2, 0.25) is 0 Å². The first-order valence-corrected chi connectivity index (χ1v) is 22.0. The minimum absolute atomic E-state index is 0.528. The Bertz CT molecular complexity index is 4160. The van der Waals surface area contributed by atoms with Crippen molar-refractivity contribution in [3.8, 4) is 57.0 Å². The summed E-state index contributed by atoms with van der Waals surface area (Å²) >= 11 is 0. The SMILES string of the molecule is c1ccc(-c2nc(-c3ccccc3)nc(-n3c4ccccc4c4ccc5c6ccccc6n(-c6cccc7nc(-c8ccc(-c9ccc%10oc%11ccccc%11c%10c9)cc8)oc67)c5c43)n2)cc1. The Morgan fingerprint density at radius 2 is 0.894 bits per heavy atom. The molecule has 0 saturated heterocycles. The summed E-state index contributed by atoms with van der Waals surface area (Å²) in [4.78, 5) is 20.7. The Morgan fingerprint density at radius 3 is 1.59 bits per heavy atom. The molecule has 0 radical (unpaired) electrons. The quantitative estimate of drug-likeness (QED) is 0.166. The number of benzene rings is 9. The summed E-state index contributed by atoms with van der Waals surface area (Å²) < 4.78 is 17.5. The van der Waals surface area contributed by atoms with Crippen LogP contribution >= 0.6 is 0 Å². The van der Waals surface area contributed by atoms with E-state index in [1.807, 2.05) is 84.9 Å². The van der Waals surface area contributed by atoms with Gasteiger partial charge in [0, 0.05) is 49.0 Å². The van der Waals surface area contributed by atoms with Crippen molar-refractivity contribution in [2.24, 2.45) is 0 Å². The highest BCUT2D eigenvalue weighted by atomic mass is 16.3. The molecule has 5 heterocycles. The summed E-state index contributed by atoms with van der Waals surface area (Å²) in [5.41, 5.74) is 13.0. The number of para-hydroxylation sites is 4. The maximum absolute atomic E-state index is 6.88. The molecule has 8 nitrogen and oxygen atoms in total. The summed E-state index contributed by atoms with van der Waals surface area (Å²) in [6, 6.07) is 70.9. The van der Waals surface area contributed by atoms with Crippen LogP contribution in [0, 0.1) is 0 Å². The highest BCUT2D eigenvalue weighted by molar-refractivity contribution is 6.24. The zero-order valence-electron chi connectivity index (χ0n) is 35.1. The number of oxazole rings is 1. The van der Waals surface area contributed by atoms with Crippen LogP contribution in [0.15, 0.2) is 215 Å². The van der Waals surface area contributed by atoms with E-state index in [0.717, 1.165) is 105 Å². The van der Waals surface area contributed by atoms with E-state index in [9.17, 15) is 0 Å². The van der Waals surface area contributed by atoms with Crippen molar-refractivity contribution in [2.45, 2.75) is 0 Å². The van der Waals surface area contributed by atoms with Crippen molar-refractivity contribution in [3.63, 3.8) is 0 Å². The molecule has 0 unspecified atom stereocenters. The van der Waals surface area contributed by atoms with Crippen LogP contribution in [0.5, 0.6) is 0 Å². The topological polar surface area (TPSA) is 87.7 Å². The molecule has 5 aromatic heterocycles. The number of furan rings is 1. The van der Waals surface area contributed by atoms with E-state index in [2.05, 4.69) is 130 Å². The smallest absolute Gasteiger partial charge is 0.238 e. The fourth-order valence-electron chi connectivity index (χ4n) is 9.80. The summed E-state index contributed by atoms with van der Waals surface area (Å²) in [7, 11) is 0. The minimum Gasteiger partial charge on any atom is -0.456 e. The van der Waals surface area contributed by atoms with E-state index < -0.39 is 0 Å². The number of hydrogen-bond acceptors (Lipinski definition) is 6. The summed E-state index contributed by atoms with van der Waals surface area (Å²) in [6.45, 7) is 0. The molecule has 14 rings (SSSR count). The molecule has 0 amide bonds. The molecule has 0 bridgehead atoms. The van der Waals surface area contributed by atoms with Gasteiger partial charge in [-0.3, -0.25) is 4.57 Å². The average molecular weight is 847 g/mol. The Kier molecular flexibility index (Phi) is 7.81. The van der Waals surface area contributed by atoms with E-state index in [4.69, 9.17) is 28.8 Å². The molecule has 8 heteroatoms. The van der Waals surface area contributed by atoms with Gasteiger partial charge < -0.3 is 13.4 Å². The first kappa shape index (κ1) is 36.4. The van der Waals surface area contributed by atoms with Gasteiger partial charge in [-0.2, -0.15) is 9.97 Å². The third kappa shape index (κ3) is 5.52. The first-order valence-electron chi connectivity index (χ1n) is 22.0. The Labute approximate surface area is 376 Å². The standard InChI is InChI=1S/C58H34N6O2/c1-3-14-36(15-4-1)55-60-56(37-16-5-2-6-17-37)62-58(61-55)64-48-23-11-8-19-41(48)44-32-31-43-40-18-7-10-22-47(40)63(52(43)53(44)64)49-24-13-21-46-54(49)66-57(59-46)38-28-26-35(27-29-38)39-30-33-51-45(34-39)42-20-9-12-25-50(42)65-51/h1-34H. The number of nitrogens with zero attached hydrogens (tertiary/aromatic N) is 6. The molecule has 0 aliphatic carbocycles. The molecule has 14 aromatic rings. The van der Waals surface area contributed by atoms with E-state index in [1.165, 1.54) is 0 Å². The lowest BCUT2D eigenvalue weighted by molar-refractivity contribution is 0.618. The maximum atomic E-state index is 6.88. The summed E-state index contributed by atoms with van der Waals surface area (Å²) in [5.74, 6) is 2.27.